The number of aromatic nitrogens is 1. The molecule has 5 heteroatoms. The van der Waals surface area contributed by atoms with E-state index in [9.17, 15) is 9.90 Å². The number of benzene rings is 1. The summed E-state index contributed by atoms with van der Waals surface area (Å²) in [6.07, 6.45) is 0. The number of piperazine rings is 1. The first kappa shape index (κ1) is 11.1. The maximum Gasteiger partial charge on any atom is 0.236 e. The summed E-state index contributed by atoms with van der Waals surface area (Å²) in [7, 11) is 0. The average Bonchev–Trinajstić information content (AvgIpc) is 2.75. The van der Waals surface area contributed by atoms with E-state index in [0.717, 1.165) is 16.6 Å². The Kier molecular flexibility index (Phi) is 2.48. The summed E-state index contributed by atoms with van der Waals surface area (Å²) in [6.45, 7) is 2.41. The number of nitrogens with one attached hydrogen (secondary N) is 3. The number of phenols is 1. The van der Waals surface area contributed by atoms with E-state index in [2.05, 4.69) is 15.6 Å². The topological polar surface area (TPSA) is 77.2 Å². The third-order valence-corrected chi connectivity index (χ3v) is 3.33. The van der Waals surface area contributed by atoms with Crippen molar-refractivity contribution in [2.24, 2.45) is 0 Å². The second kappa shape index (κ2) is 4.03. The van der Waals surface area contributed by atoms with Crippen LogP contribution in [0.15, 0.2) is 24.3 Å². The van der Waals surface area contributed by atoms with Crippen LogP contribution in [0.3, 0.4) is 0 Å². The molecule has 2 heterocycles. The number of H-pyrrole nitrogens is 1. The molecule has 0 bridgehead atoms. The largest absolute Gasteiger partial charge is 0.508 e. The molecule has 94 valence electrons. The Morgan fingerprint density at radius 2 is 2.17 bits per heavy atom. The second-order valence-electron chi connectivity index (χ2n) is 4.68. The zero-order chi connectivity index (χ0) is 12.7. The fraction of sp³-hybridized carbons (Fsp3) is 0.308. The van der Waals surface area contributed by atoms with E-state index >= 15 is 0 Å². The maximum atomic E-state index is 11.4. The number of carbonyl (C=O) groups is 1. The van der Waals surface area contributed by atoms with Crippen molar-refractivity contribution < 1.29 is 9.90 Å². The van der Waals surface area contributed by atoms with Gasteiger partial charge in [-0.15, -0.1) is 0 Å². The van der Waals surface area contributed by atoms with E-state index < -0.39 is 0 Å². The first-order valence-electron chi connectivity index (χ1n) is 5.99. The van der Waals surface area contributed by atoms with E-state index in [1.165, 1.54) is 0 Å². The van der Waals surface area contributed by atoms with Gasteiger partial charge in [0.2, 0.25) is 5.91 Å². The summed E-state index contributed by atoms with van der Waals surface area (Å²) in [5.74, 6) is 0.272. The summed E-state index contributed by atoms with van der Waals surface area (Å²) in [5.41, 5.74) is 1.92. The van der Waals surface area contributed by atoms with Gasteiger partial charge in [0.1, 0.15) is 5.75 Å². The average molecular weight is 245 g/mol. The van der Waals surface area contributed by atoms with Gasteiger partial charge in [-0.2, -0.15) is 0 Å². The molecule has 1 amide bonds. The van der Waals surface area contributed by atoms with Crippen LogP contribution in [-0.4, -0.2) is 28.6 Å². The van der Waals surface area contributed by atoms with Crippen molar-refractivity contribution in [3.8, 4) is 5.75 Å². The summed E-state index contributed by atoms with van der Waals surface area (Å²) in [6, 6.07) is 7.16. The fourth-order valence-corrected chi connectivity index (χ4v) is 2.32. The molecule has 1 aliphatic rings. The predicted octanol–water partition coefficient (Wildman–Crippen LogP) is 1.02. The number of aromatic amines is 1. The third-order valence-electron chi connectivity index (χ3n) is 3.33. The van der Waals surface area contributed by atoms with Crippen LogP contribution < -0.4 is 10.6 Å². The van der Waals surface area contributed by atoms with Crippen molar-refractivity contribution in [2.45, 2.75) is 19.0 Å². The van der Waals surface area contributed by atoms with Crippen molar-refractivity contribution >= 4 is 16.8 Å². The van der Waals surface area contributed by atoms with Crippen LogP contribution in [0.1, 0.15) is 18.7 Å². The lowest BCUT2D eigenvalue weighted by Gasteiger charge is -2.28. The molecule has 18 heavy (non-hydrogen) atoms. The van der Waals surface area contributed by atoms with E-state index in [4.69, 9.17) is 0 Å². The summed E-state index contributed by atoms with van der Waals surface area (Å²) in [5, 5.41) is 16.6. The first-order chi connectivity index (χ1) is 8.63. The lowest BCUT2D eigenvalue weighted by Crippen LogP contribution is -2.53. The molecule has 1 aromatic carbocycles. The second-order valence-corrected chi connectivity index (χ2v) is 4.68. The number of phenolic OH excluding ortho intramolecular Hbond substituents is 1. The summed E-state index contributed by atoms with van der Waals surface area (Å²) in [4.78, 5) is 14.6. The van der Waals surface area contributed by atoms with Crippen molar-refractivity contribution in [2.75, 3.05) is 6.54 Å². The molecule has 0 spiro atoms. The zero-order valence-corrected chi connectivity index (χ0v) is 10.0. The third kappa shape index (κ3) is 1.82. The van der Waals surface area contributed by atoms with Crippen molar-refractivity contribution in [1.29, 1.82) is 0 Å². The van der Waals surface area contributed by atoms with Crippen LogP contribution >= 0.6 is 0 Å². The Balaban J connectivity index is 1.92. The normalized spacial score (nSPS) is 24.2. The van der Waals surface area contributed by atoms with Gasteiger partial charge in [-0.05, 0) is 30.5 Å². The van der Waals surface area contributed by atoms with Crippen LogP contribution in [0, 0.1) is 0 Å². The van der Waals surface area contributed by atoms with Crippen LogP contribution in [0.5, 0.6) is 5.75 Å². The van der Waals surface area contributed by atoms with Gasteiger partial charge in [0.05, 0.1) is 12.1 Å². The first-order valence-corrected chi connectivity index (χ1v) is 5.99. The molecule has 0 radical (unpaired) electrons. The molecule has 2 aromatic rings. The number of carbonyl (C=O) groups excluding carboxylic acids is 1. The zero-order valence-electron chi connectivity index (χ0n) is 10.0. The summed E-state index contributed by atoms with van der Waals surface area (Å²) >= 11 is 0. The van der Waals surface area contributed by atoms with E-state index in [-0.39, 0.29) is 23.7 Å². The van der Waals surface area contributed by atoms with Crippen molar-refractivity contribution in [3.63, 3.8) is 0 Å². The van der Waals surface area contributed by atoms with Gasteiger partial charge in [0.25, 0.3) is 0 Å². The molecule has 1 aliphatic heterocycles. The molecule has 1 fully saturated rings. The lowest BCUT2D eigenvalue weighted by atomic mass is 10.1. The van der Waals surface area contributed by atoms with Gasteiger partial charge >= 0.3 is 0 Å². The fourth-order valence-electron chi connectivity index (χ4n) is 2.32. The Bertz CT molecular complexity index is 605. The molecular weight excluding hydrogens is 230 g/mol. The number of fused-ring (bicyclic) bond motifs is 1. The van der Waals surface area contributed by atoms with E-state index in [1.54, 1.807) is 12.1 Å². The molecule has 0 saturated carbocycles. The number of aromatic hydroxyl groups is 1. The smallest absolute Gasteiger partial charge is 0.236 e. The Hall–Kier alpha value is -2.01. The van der Waals surface area contributed by atoms with Crippen molar-refractivity contribution in [1.82, 2.24) is 15.6 Å². The van der Waals surface area contributed by atoms with Crippen LogP contribution in [0.2, 0.25) is 0 Å². The van der Waals surface area contributed by atoms with Gasteiger partial charge in [-0.1, -0.05) is 0 Å². The van der Waals surface area contributed by atoms with Gasteiger partial charge in [0.15, 0.2) is 0 Å². The molecule has 0 aliphatic carbocycles. The van der Waals surface area contributed by atoms with Crippen LogP contribution in [-0.2, 0) is 4.79 Å². The molecule has 4 N–H and O–H groups in total. The van der Waals surface area contributed by atoms with Crippen LogP contribution in [0.4, 0.5) is 0 Å². The van der Waals surface area contributed by atoms with E-state index in [1.807, 2.05) is 19.1 Å². The minimum atomic E-state index is -0.191. The maximum absolute atomic E-state index is 11.4. The summed E-state index contributed by atoms with van der Waals surface area (Å²) < 4.78 is 0. The molecule has 5 nitrogen and oxygen atoms in total. The highest BCUT2D eigenvalue weighted by molar-refractivity contribution is 5.83. The highest BCUT2D eigenvalue weighted by Crippen LogP contribution is 2.24. The predicted molar refractivity (Wildman–Crippen MR) is 68.3 cm³/mol. The van der Waals surface area contributed by atoms with Crippen LogP contribution in [0.25, 0.3) is 10.9 Å². The highest BCUT2D eigenvalue weighted by atomic mass is 16.3. The SMILES string of the molecule is CC1NC(c2cc3ccc(O)cc3[nH]2)CNC1=O. The quantitative estimate of drug-likeness (QED) is 0.606. The molecule has 2 atom stereocenters. The standard InChI is InChI=1S/C13H15N3O2/c1-7-13(18)14-6-12(15-7)11-4-8-2-3-9(17)5-10(8)16-11/h2-5,7,12,15-17H,6H2,1H3,(H,14,18). The Labute approximate surface area is 104 Å². The molecular formula is C13H15N3O2. The monoisotopic (exact) mass is 245 g/mol. The van der Waals surface area contributed by atoms with Crippen molar-refractivity contribution in [3.05, 3.63) is 30.0 Å². The molecule has 1 aromatic heterocycles. The van der Waals surface area contributed by atoms with Gasteiger partial charge in [-0.3, -0.25) is 10.1 Å². The number of amides is 1. The van der Waals surface area contributed by atoms with Gasteiger partial charge in [-0.25, -0.2) is 0 Å². The number of rotatable bonds is 1. The Morgan fingerprint density at radius 1 is 1.33 bits per heavy atom. The van der Waals surface area contributed by atoms with E-state index in [0.29, 0.717) is 6.54 Å². The number of hydrogen-bond donors (Lipinski definition) is 4. The minimum absolute atomic E-state index is 0.0278. The molecule has 2 unspecified atom stereocenters. The van der Waals surface area contributed by atoms with Gasteiger partial charge < -0.3 is 15.4 Å². The minimum Gasteiger partial charge on any atom is -0.508 e. The number of hydrogen-bond acceptors (Lipinski definition) is 3. The highest BCUT2D eigenvalue weighted by Gasteiger charge is 2.25. The Morgan fingerprint density at radius 3 is 2.94 bits per heavy atom. The van der Waals surface area contributed by atoms with Gasteiger partial charge in [0, 0.05) is 23.8 Å². The molecule has 1 saturated heterocycles. The lowest BCUT2D eigenvalue weighted by molar-refractivity contribution is -0.124. The molecule has 3 rings (SSSR count).